The number of hydrogen-bond donors (Lipinski definition) is 1. The number of benzene rings is 2. The average molecular weight is 374 g/mol. The number of para-hydroxylation sites is 1. The Kier molecular flexibility index (Phi) is 4.93. The van der Waals surface area contributed by atoms with Crippen LogP contribution in [0.4, 0.5) is 0 Å². The fraction of sp³-hybridized carbons (Fsp3) is 0.227. The van der Waals surface area contributed by atoms with E-state index in [0.717, 1.165) is 22.0 Å². The Morgan fingerprint density at radius 2 is 1.89 bits per heavy atom. The van der Waals surface area contributed by atoms with Gasteiger partial charge in [-0.1, -0.05) is 49.4 Å². The Morgan fingerprint density at radius 1 is 1.11 bits per heavy atom. The highest BCUT2D eigenvalue weighted by Crippen LogP contribution is 2.29. The van der Waals surface area contributed by atoms with Crippen LogP contribution in [0, 0.1) is 6.92 Å². The second kappa shape index (κ2) is 7.68. The van der Waals surface area contributed by atoms with Gasteiger partial charge >= 0.3 is 0 Å². The van der Waals surface area contributed by atoms with Crippen LogP contribution in [0.15, 0.2) is 59.1 Å². The largest absolute Gasteiger partial charge is 0.421 e. The number of hydrogen-bond acceptors (Lipinski definition) is 4. The summed E-state index contributed by atoms with van der Waals surface area (Å²) in [5, 5.41) is 12.2. The lowest BCUT2D eigenvalue weighted by Gasteiger charge is -2.09. The van der Waals surface area contributed by atoms with E-state index in [1.165, 1.54) is 5.56 Å². The molecule has 0 aliphatic carbocycles. The second-order valence-electron chi connectivity index (χ2n) is 6.75. The highest BCUT2D eigenvalue weighted by atomic mass is 16.4. The van der Waals surface area contributed by atoms with Crippen molar-refractivity contribution in [2.45, 2.75) is 33.4 Å². The van der Waals surface area contributed by atoms with E-state index < -0.39 is 0 Å². The third-order valence-corrected chi connectivity index (χ3v) is 4.84. The van der Waals surface area contributed by atoms with Crippen LogP contribution in [0.2, 0.25) is 0 Å². The molecule has 0 aliphatic rings. The van der Waals surface area contributed by atoms with E-state index in [2.05, 4.69) is 15.5 Å². The Labute approximate surface area is 163 Å². The van der Waals surface area contributed by atoms with E-state index in [0.29, 0.717) is 24.7 Å². The highest BCUT2D eigenvalue weighted by molar-refractivity contribution is 5.94. The van der Waals surface area contributed by atoms with Crippen molar-refractivity contribution in [2.75, 3.05) is 0 Å². The average Bonchev–Trinajstić information content (AvgIpc) is 3.32. The molecule has 0 spiro atoms. The van der Waals surface area contributed by atoms with E-state index in [1.807, 2.05) is 73.1 Å². The van der Waals surface area contributed by atoms with Crippen LogP contribution >= 0.6 is 0 Å². The summed E-state index contributed by atoms with van der Waals surface area (Å²) in [6.07, 6.45) is 2.60. The summed E-state index contributed by atoms with van der Waals surface area (Å²) in [6.45, 7) is 4.75. The monoisotopic (exact) mass is 374 g/mol. The number of aromatic nitrogens is 3. The topological polar surface area (TPSA) is 73.0 Å². The quantitative estimate of drug-likeness (QED) is 0.556. The fourth-order valence-electron chi connectivity index (χ4n) is 3.27. The molecular formula is C22H22N4O2. The summed E-state index contributed by atoms with van der Waals surface area (Å²) in [7, 11) is 0. The van der Waals surface area contributed by atoms with Gasteiger partial charge in [0.1, 0.15) is 6.54 Å². The molecule has 0 fully saturated rings. The maximum absolute atomic E-state index is 12.6. The minimum Gasteiger partial charge on any atom is -0.421 e. The van der Waals surface area contributed by atoms with Crippen molar-refractivity contribution in [3.8, 4) is 11.5 Å². The zero-order valence-electron chi connectivity index (χ0n) is 16.0. The van der Waals surface area contributed by atoms with Crippen LogP contribution in [0.25, 0.3) is 22.4 Å². The summed E-state index contributed by atoms with van der Waals surface area (Å²) in [6, 6.07) is 16.0. The fourth-order valence-corrected chi connectivity index (χ4v) is 3.27. The first-order valence-corrected chi connectivity index (χ1v) is 9.37. The van der Waals surface area contributed by atoms with Crippen LogP contribution in [0.1, 0.15) is 23.9 Å². The molecule has 6 nitrogen and oxygen atoms in total. The molecule has 0 unspecified atom stereocenters. The number of amides is 1. The SMILES string of the molecule is CCc1nnc(-c2cn(CC(=O)NCc3ccccc3C)c3ccccc23)o1. The second-order valence-corrected chi connectivity index (χ2v) is 6.75. The Balaban J connectivity index is 1.57. The smallest absolute Gasteiger partial charge is 0.249 e. The van der Waals surface area contributed by atoms with E-state index in [-0.39, 0.29) is 12.5 Å². The number of carbonyl (C=O) groups is 1. The van der Waals surface area contributed by atoms with Gasteiger partial charge in [-0.2, -0.15) is 0 Å². The minimum atomic E-state index is -0.0460. The zero-order chi connectivity index (χ0) is 19.5. The first kappa shape index (κ1) is 18.0. The van der Waals surface area contributed by atoms with Crippen molar-refractivity contribution in [3.05, 3.63) is 71.7 Å². The molecule has 0 bridgehead atoms. The van der Waals surface area contributed by atoms with E-state index in [4.69, 9.17) is 4.42 Å². The molecule has 2 aromatic heterocycles. The predicted octanol–water partition coefficient (Wildman–Crippen LogP) is 3.88. The standard InChI is InChI=1S/C22H22N4O2/c1-3-21-24-25-22(28-21)18-13-26(19-11-7-6-10-17(18)19)14-20(27)23-12-16-9-5-4-8-15(16)2/h4-11,13H,3,12,14H2,1-2H3,(H,23,27). The minimum absolute atomic E-state index is 0.0460. The van der Waals surface area contributed by atoms with Crippen molar-refractivity contribution in [2.24, 2.45) is 0 Å². The van der Waals surface area contributed by atoms with Crippen LogP contribution in [0.5, 0.6) is 0 Å². The van der Waals surface area contributed by atoms with Crippen LogP contribution in [-0.2, 0) is 24.3 Å². The Morgan fingerprint density at radius 3 is 2.68 bits per heavy atom. The van der Waals surface area contributed by atoms with Gasteiger partial charge in [0.05, 0.1) is 5.56 Å². The number of aryl methyl sites for hydroxylation is 2. The predicted molar refractivity (Wildman–Crippen MR) is 108 cm³/mol. The molecule has 0 saturated heterocycles. The number of rotatable bonds is 6. The normalized spacial score (nSPS) is 11.1. The molecular weight excluding hydrogens is 352 g/mol. The van der Waals surface area contributed by atoms with Crippen molar-refractivity contribution in [1.82, 2.24) is 20.1 Å². The number of carbonyl (C=O) groups excluding carboxylic acids is 1. The zero-order valence-corrected chi connectivity index (χ0v) is 16.0. The summed E-state index contributed by atoms with van der Waals surface area (Å²) in [5.74, 6) is 1.03. The van der Waals surface area contributed by atoms with Gasteiger partial charge in [0.2, 0.25) is 17.7 Å². The number of fused-ring (bicyclic) bond motifs is 1. The molecule has 142 valence electrons. The van der Waals surface area contributed by atoms with E-state index >= 15 is 0 Å². The molecule has 0 saturated carbocycles. The number of nitrogens with zero attached hydrogens (tertiary/aromatic N) is 3. The highest BCUT2D eigenvalue weighted by Gasteiger charge is 2.16. The molecule has 6 heteroatoms. The third kappa shape index (κ3) is 3.53. The maximum atomic E-state index is 12.6. The Hall–Kier alpha value is -3.41. The van der Waals surface area contributed by atoms with Crippen molar-refractivity contribution < 1.29 is 9.21 Å². The molecule has 1 amide bonds. The molecule has 0 atom stereocenters. The van der Waals surface area contributed by atoms with Crippen LogP contribution in [0.3, 0.4) is 0 Å². The van der Waals surface area contributed by atoms with Crippen LogP contribution < -0.4 is 5.32 Å². The van der Waals surface area contributed by atoms with Gasteiger partial charge in [-0.15, -0.1) is 10.2 Å². The summed E-state index contributed by atoms with van der Waals surface area (Å²) in [5.41, 5.74) is 4.08. The van der Waals surface area contributed by atoms with Crippen molar-refractivity contribution in [3.63, 3.8) is 0 Å². The Bertz CT molecular complexity index is 1130. The molecule has 28 heavy (non-hydrogen) atoms. The van der Waals surface area contributed by atoms with Gasteiger partial charge in [-0.25, -0.2) is 0 Å². The first-order chi connectivity index (χ1) is 13.7. The molecule has 2 aromatic carbocycles. The molecule has 4 rings (SSSR count). The molecule has 4 aromatic rings. The third-order valence-electron chi connectivity index (χ3n) is 4.84. The lowest BCUT2D eigenvalue weighted by Crippen LogP contribution is -2.27. The van der Waals surface area contributed by atoms with Gasteiger partial charge in [0, 0.05) is 30.1 Å². The number of nitrogens with one attached hydrogen (secondary N) is 1. The lowest BCUT2D eigenvalue weighted by atomic mass is 10.1. The molecule has 2 heterocycles. The van der Waals surface area contributed by atoms with Gasteiger partial charge in [0.15, 0.2) is 0 Å². The maximum Gasteiger partial charge on any atom is 0.249 e. The van der Waals surface area contributed by atoms with Crippen molar-refractivity contribution >= 4 is 16.8 Å². The molecule has 0 radical (unpaired) electrons. The molecule has 1 N–H and O–H groups in total. The van der Waals surface area contributed by atoms with Gasteiger partial charge in [-0.3, -0.25) is 4.79 Å². The van der Waals surface area contributed by atoms with Gasteiger partial charge < -0.3 is 14.3 Å². The summed E-state index contributed by atoms with van der Waals surface area (Å²) < 4.78 is 7.65. The van der Waals surface area contributed by atoms with Crippen molar-refractivity contribution in [1.29, 1.82) is 0 Å². The molecule has 0 aliphatic heterocycles. The first-order valence-electron chi connectivity index (χ1n) is 9.37. The van der Waals surface area contributed by atoms with E-state index in [9.17, 15) is 4.79 Å². The summed E-state index contributed by atoms with van der Waals surface area (Å²) in [4.78, 5) is 12.6. The van der Waals surface area contributed by atoms with Gasteiger partial charge in [-0.05, 0) is 24.1 Å². The van der Waals surface area contributed by atoms with Crippen LogP contribution in [-0.4, -0.2) is 20.7 Å². The van der Waals surface area contributed by atoms with Gasteiger partial charge in [0.25, 0.3) is 0 Å². The van der Waals surface area contributed by atoms with E-state index in [1.54, 1.807) is 0 Å². The summed E-state index contributed by atoms with van der Waals surface area (Å²) >= 11 is 0. The lowest BCUT2D eigenvalue weighted by molar-refractivity contribution is -0.121.